The largest absolute Gasteiger partial charge is 0.481 e. The van der Waals surface area contributed by atoms with Gasteiger partial charge in [0.05, 0.1) is 17.3 Å². The first-order valence-corrected chi connectivity index (χ1v) is 9.74. The third-order valence-electron chi connectivity index (χ3n) is 4.44. The summed E-state index contributed by atoms with van der Waals surface area (Å²) in [7, 11) is 0. The van der Waals surface area contributed by atoms with Crippen LogP contribution in [0.5, 0.6) is 0 Å². The number of nitrogens with zero attached hydrogens (tertiary/aromatic N) is 1. The second-order valence-electron chi connectivity index (χ2n) is 6.23. The van der Waals surface area contributed by atoms with E-state index in [-0.39, 0.29) is 18.4 Å². The molecule has 3 rings (SSSR count). The Morgan fingerprint density at radius 3 is 3.05 bits per heavy atom. The molecule has 6 heteroatoms. The molecule has 22 heavy (non-hydrogen) atoms. The number of hydrogen-bond donors (Lipinski definition) is 1. The van der Waals surface area contributed by atoms with Crippen molar-refractivity contribution in [2.75, 3.05) is 18.1 Å². The molecule has 0 spiro atoms. The minimum Gasteiger partial charge on any atom is -0.481 e. The lowest BCUT2D eigenvalue weighted by atomic mass is 9.90. The van der Waals surface area contributed by atoms with Crippen LogP contribution in [0.2, 0.25) is 0 Å². The van der Waals surface area contributed by atoms with E-state index in [1.165, 1.54) is 16.9 Å². The first kappa shape index (κ1) is 15.9. The summed E-state index contributed by atoms with van der Waals surface area (Å²) in [4.78, 5) is 27.8. The Morgan fingerprint density at radius 2 is 2.27 bits per heavy atom. The summed E-state index contributed by atoms with van der Waals surface area (Å²) in [6, 6.07) is 1.87. The van der Waals surface area contributed by atoms with Crippen LogP contribution in [0.1, 0.15) is 39.9 Å². The lowest BCUT2D eigenvalue weighted by Crippen LogP contribution is -2.46. The number of rotatable bonds is 3. The fraction of sp³-hybridized carbons (Fsp3) is 0.625. The van der Waals surface area contributed by atoms with E-state index < -0.39 is 5.97 Å². The number of carboxylic acids is 1. The van der Waals surface area contributed by atoms with E-state index in [1.807, 2.05) is 0 Å². The van der Waals surface area contributed by atoms with Crippen molar-refractivity contribution < 1.29 is 14.7 Å². The van der Waals surface area contributed by atoms with Gasteiger partial charge in [-0.2, -0.15) is 11.8 Å². The van der Waals surface area contributed by atoms with Crippen LogP contribution in [-0.4, -0.2) is 46.0 Å². The van der Waals surface area contributed by atoms with Gasteiger partial charge < -0.3 is 10.0 Å². The molecule has 1 fully saturated rings. The van der Waals surface area contributed by atoms with Gasteiger partial charge in [0.15, 0.2) is 0 Å². The van der Waals surface area contributed by atoms with Gasteiger partial charge in [0.1, 0.15) is 0 Å². The van der Waals surface area contributed by atoms with Gasteiger partial charge in [0, 0.05) is 22.9 Å². The molecule has 0 bridgehead atoms. The maximum absolute atomic E-state index is 12.8. The first-order chi connectivity index (χ1) is 10.5. The van der Waals surface area contributed by atoms with E-state index in [4.69, 9.17) is 5.11 Å². The number of amides is 1. The van der Waals surface area contributed by atoms with Gasteiger partial charge >= 0.3 is 5.97 Å². The van der Waals surface area contributed by atoms with E-state index in [1.54, 1.807) is 28.0 Å². The van der Waals surface area contributed by atoms with Crippen LogP contribution in [0.25, 0.3) is 0 Å². The molecule has 1 N–H and O–H groups in total. The molecule has 1 saturated heterocycles. The molecule has 2 heterocycles. The van der Waals surface area contributed by atoms with E-state index in [2.05, 4.69) is 13.0 Å². The molecule has 1 aromatic rings. The zero-order valence-electron chi connectivity index (χ0n) is 12.7. The summed E-state index contributed by atoms with van der Waals surface area (Å²) in [5, 5.41) is 9.05. The fourth-order valence-corrected chi connectivity index (χ4v) is 5.47. The van der Waals surface area contributed by atoms with Crippen molar-refractivity contribution in [2.24, 2.45) is 5.92 Å². The highest BCUT2D eigenvalue weighted by molar-refractivity contribution is 7.99. The Labute approximate surface area is 138 Å². The molecule has 120 valence electrons. The molecule has 1 amide bonds. The van der Waals surface area contributed by atoms with Crippen LogP contribution in [0, 0.1) is 5.92 Å². The maximum atomic E-state index is 12.8. The number of fused-ring (bicyclic) bond motifs is 1. The Morgan fingerprint density at radius 1 is 1.45 bits per heavy atom. The quantitative estimate of drug-likeness (QED) is 0.920. The Hall–Kier alpha value is -1.01. The Bertz CT molecular complexity index is 584. The summed E-state index contributed by atoms with van der Waals surface area (Å²) in [6.07, 6.45) is 3.38. The van der Waals surface area contributed by atoms with E-state index in [9.17, 15) is 9.59 Å². The highest BCUT2D eigenvalue weighted by atomic mass is 32.2. The maximum Gasteiger partial charge on any atom is 0.305 e. The van der Waals surface area contributed by atoms with Crippen LogP contribution in [0.4, 0.5) is 0 Å². The van der Waals surface area contributed by atoms with Crippen molar-refractivity contribution in [2.45, 2.75) is 38.6 Å². The third-order valence-corrected chi connectivity index (χ3v) is 6.76. The number of carbonyl (C=O) groups excluding carboxylic acids is 1. The van der Waals surface area contributed by atoms with Gasteiger partial charge in [0.25, 0.3) is 5.91 Å². The first-order valence-electron chi connectivity index (χ1n) is 7.76. The summed E-state index contributed by atoms with van der Waals surface area (Å²) in [5.41, 5.74) is 1.33. The van der Waals surface area contributed by atoms with Gasteiger partial charge in [-0.1, -0.05) is 6.92 Å². The monoisotopic (exact) mass is 339 g/mol. The molecule has 0 radical (unpaired) electrons. The topological polar surface area (TPSA) is 57.6 Å². The van der Waals surface area contributed by atoms with Gasteiger partial charge in [-0.25, -0.2) is 0 Å². The number of carboxylic acid groups (broad SMARTS) is 1. The van der Waals surface area contributed by atoms with Crippen LogP contribution in [0.15, 0.2) is 6.07 Å². The highest BCUT2D eigenvalue weighted by Crippen LogP contribution is 2.33. The average Bonchev–Trinajstić information content (AvgIpc) is 2.89. The van der Waals surface area contributed by atoms with E-state index >= 15 is 0 Å². The van der Waals surface area contributed by atoms with Crippen molar-refractivity contribution in [3.63, 3.8) is 0 Å². The van der Waals surface area contributed by atoms with Crippen molar-refractivity contribution >= 4 is 35.0 Å². The lowest BCUT2D eigenvalue weighted by molar-refractivity contribution is -0.138. The zero-order valence-corrected chi connectivity index (χ0v) is 14.3. The number of hydrogen-bond acceptors (Lipinski definition) is 4. The Kier molecular flexibility index (Phi) is 4.78. The number of thiophene rings is 1. The summed E-state index contributed by atoms with van der Waals surface area (Å²) < 4.78 is 0. The predicted octanol–water partition coefficient (Wildman–Crippen LogP) is 2.91. The molecule has 2 aliphatic rings. The Balaban J connectivity index is 1.78. The second kappa shape index (κ2) is 6.62. The smallest absolute Gasteiger partial charge is 0.305 e. The van der Waals surface area contributed by atoms with Crippen LogP contribution in [-0.2, 0) is 17.6 Å². The predicted molar refractivity (Wildman–Crippen MR) is 89.9 cm³/mol. The third kappa shape index (κ3) is 3.33. The number of aryl methyl sites for hydroxylation is 1. The molecule has 1 aliphatic carbocycles. The minimum atomic E-state index is -0.829. The van der Waals surface area contributed by atoms with Crippen molar-refractivity contribution in [3.8, 4) is 0 Å². The minimum absolute atomic E-state index is 0.0265. The SMILES string of the molecule is CC1CCc2sc(C(=O)N3CCSCC3CC(=O)O)cc2C1. The van der Waals surface area contributed by atoms with Crippen LogP contribution in [0.3, 0.4) is 0 Å². The molecule has 0 saturated carbocycles. The van der Waals surface area contributed by atoms with Gasteiger partial charge in [0.2, 0.25) is 0 Å². The zero-order chi connectivity index (χ0) is 15.7. The van der Waals surface area contributed by atoms with Crippen molar-refractivity contribution in [1.82, 2.24) is 4.90 Å². The summed E-state index contributed by atoms with van der Waals surface area (Å²) in [6.45, 7) is 2.91. The fourth-order valence-electron chi connectivity index (χ4n) is 3.25. The van der Waals surface area contributed by atoms with Crippen molar-refractivity contribution in [3.05, 3.63) is 21.4 Å². The number of aliphatic carboxylic acids is 1. The summed E-state index contributed by atoms with van der Waals surface area (Å²) in [5.74, 6) is 1.50. The van der Waals surface area contributed by atoms with Crippen molar-refractivity contribution in [1.29, 1.82) is 0 Å². The summed E-state index contributed by atoms with van der Waals surface area (Å²) >= 11 is 3.35. The lowest BCUT2D eigenvalue weighted by Gasteiger charge is -2.34. The number of carbonyl (C=O) groups is 2. The molecule has 1 aromatic heterocycles. The van der Waals surface area contributed by atoms with Crippen LogP contribution >= 0.6 is 23.1 Å². The molecular formula is C16H21NO3S2. The average molecular weight is 339 g/mol. The van der Waals surface area contributed by atoms with Gasteiger partial charge in [-0.3, -0.25) is 9.59 Å². The molecule has 1 aliphatic heterocycles. The van der Waals surface area contributed by atoms with Crippen LogP contribution < -0.4 is 0 Å². The molecule has 0 aromatic carbocycles. The van der Waals surface area contributed by atoms with E-state index in [0.29, 0.717) is 12.5 Å². The van der Waals surface area contributed by atoms with E-state index in [0.717, 1.165) is 29.2 Å². The standard InChI is InChI=1S/C16H21NO3S2/c1-10-2-3-13-11(6-10)7-14(22-13)16(20)17-4-5-21-9-12(17)8-15(18)19/h7,10,12H,2-6,8-9H2,1H3,(H,18,19). The molecule has 2 unspecified atom stereocenters. The molecule has 2 atom stereocenters. The van der Waals surface area contributed by atoms with Gasteiger partial charge in [-0.15, -0.1) is 11.3 Å². The highest BCUT2D eigenvalue weighted by Gasteiger charge is 2.31. The molecular weight excluding hydrogens is 318 g/mol. The normalized spacial score (nSPS) is 24.9. The second-order valence-corrected chi connectivity index (χ2v) is 8.52. The van der Waals surface area contributed by atoms with Gasteiger partial charge in [-0.05, 0) is 36.8 Å². The molecule has 4 nitrogen and oxygen atoms in total. The number of thioether (sulfide) groups is 1.